The van der Waals surface area contributed by atoms with E-state index in [1.807, 2.05) is 12.1 Å². The molecule has 0 unspecified atom stereocenters. The van der Waals surface area contributed by atoms with Crippen LogP contribution < -0.4 is 10.5 Å². The van der Waals surface area contributed by atoms with E-state index in [2.05, 4.69) is 4.98 Å². The van der Waals surface area contributed by atoms with E-state index in [1.165, 1.54) is 0 Å². The van der Waals surface area contributed by atoms with E-state index in [-0.39, 0.29) is 0 Å². The fraction of sp³-hybridized carbons (Fsp3) is 0.125. The van der Waals surface area contributed by atoms with Crippen LogP contribution in [0.4, 0.5) is 5.69 Å². The largest absolute Gasteiger partial charge is 0.495 e. The zero-order chi connectivity index (χ0) is 8.55. The normalized spacial score (nSPS) is 10.4. The van der Waals surface area contributed by atoms with Gasteiger partial charge in [-0.05, 0) is 6.07 Å². The Hall–Kier alpha value is -1.29. The Balaban J connectivity index is 2.73. The van der Waals surface area contributed by atoms with Gasteiger partial charge in [0.2, 0.25) is 0 Å². The van der Waals surface area contributed by atoms with Crippen LogP contribution in [0.3, 0.4) is 0 Å². The molecule has 0 spiro atoms. The van der Waals surface area contributed by atoms with Gasteiger partial charge in [0.1, 0.15) is 5.75 Å². The highest BCUT2D eigenvalue weighted by atomic mass is 32.1. The maximum absolute atomic E-state index is 5.71. The molecule has 0 fully saturated rings. The highest BCUT2D eigenvalue weighted by Crippen LogP contribution is 2.28. The van der Waals surface area contributed by atoms with Crippen molar-refractivity contribution in [2.24, 2.45) is 0 Å². The van der Waals surface area contributed by atoms with Crippen molar-refractivity contribution in [2.75, 3.05) is 12.8 Å². The minimum absolute atomic E-state index is 0.661. The lowest BCUT2D eigenvalue weighted by Crippen LogP contribution is -1.91. The molecule has 1 aromatic heterocycles. The van der Waals surface area contributed by atoms with E-state index in [9.17, 15) is 0 Å². The van der Waals surface area contributed by atoms with Gasteiger partial charge in [-0.2, -0.15) is 0 Å². The smallest absolute Gasteiger partial charge is 0.143 e. The summed E-state index contributed by atoms with van der Waals surface area (Å²) in [5.74, 6) is 0.688. The van der Waals surface area contributed by atoms with Crippen LogP contribution in [0, 0.1) is 0 Å². The number of anilines is 1. The van der Waals surface area contributed by atoms with Crippen molar-refractivity contribution in [1.82, 2.24) is 4.98 Å². The fourth-order valence-corrected chi connectivity index (χ4v) is 1.78. The Morgan fingerprint density at radius 3 is 3.08 bits per heavy atom. The van der Waals surface area contributed by atoms with Crippen LogP contribution in [-0.4, -0.2) is 12.1 Å². The van der Waals surface area contributed by atoms with Crippen molar-refractivity contribution in [3.05, 3.63) is 17.6 Å². The number of hydrogen-bond acceptors (Lipinski definition) is 4. The summed E-state index contributed by atoms with van der Waals surface area (Å²) in [6.07, 6.45) is 0. The van der Waals surface area contributed by atoms with E-state index < -0.39 is 0 Å². The highest BCUT2D eigenvalue weighted by Gasteiger charge is 2.03. The fourth-order valence-electron chi connectivity index (χ4n) is 1.08. The van der Waals surface area contributed by atoms with Crippen molar-refractivity contribution in [2.45, 2.75) is 0 Å². The number of fused-ring (bicyclic) bond motifs is 1. The van der Waals surface area contributed by atoms with Crippen molar-refractivity contribution >= 4 is 27.2 Å². The highest BCUT2D eigenvalue weighted by molar-refractivity contribution is 7.16. The Labute approximate surface area is 73.8 Å². The number of nitrogens with two attached hydrogens (primary N) is 1. The molecule has 0 saturated heterocycles. The quantitative estimate of drug-likeness (QED) is 0.682. The topological polar surface area (TPSA) is 48.1 Å². The molecule has 12 heavy (non-hydrogen) atoms. The molecule has 0 saturated carbocycles. The van der Waals surface area contributed by atoms with Gasteiger partial charge >= 0.3 is 0 Å². The maximum atomic E-state index is 5.71. The van der Waals surface area contributed by atoms with Crippen LogP contribution in [0.2, 0.25) is 0 Å². The third-order valence-corrected chi connectivity index (χ3v) is 2.47. The van der Waals surface area contributed by atoms with Crippen LogP contribution in [0.1, 0.15) is 0 Å². The molecule has 0 atom stereocenters. The first-order valence-corrected chi connectivity index (χ1v) is 4.36. The SMILES string of the molecule is COc1cc2ncsc2cc1N. The van der Waals surface area contributed by atoms with Crippen LogP contribution in [-0.2, 0) is 0 Å². The molecule has 0 amide bonds. The van der Waals surface area contributed by atoms with E-state index in [0.717, 1.165) is 10.2 Å². The molecule has 62 valence electrons. The number of rotatable bonds is 1. The molecule has 0 aliphatic rings. The Kier molecular flexibility index (Phi) is 1.62. The van der Waals surface area contributed by atoms with Gasteiger partial charge in [0.15, 0.2) is 0 Å². The zero-order valence-electron chi connectivity index (χ0n) is 6.57. The molecule has 0 bridgehead atoms. The molecule has 1 heterocycles. The monoisotopic (exact) mass is 180 g/mol. The second-order valence-electron chi connectivity index (χ2n) is 2.41. The minimum Gasteiger partial charge on any atom is -0.495 e. The summed E-state index contributed by atoms with van der Waals surface area (Å²) in [4.78, 5) is 4.15. The Bertz CT molecular complexity index is 410. The molecule has 0 aliphatic heterocycles. The van der Waals surface area contributed by atoms with Gasteiger partial charge in [-0.15, -0.1) is 11.3 Å². The maximum Gasteiger partial charge on any atom is 0.143 e. The zero-order valence-corrected chi connectivity index (χ0v) is 7.39. The molecule has 0 radical (unpaired) electrons. The average Bonchev–Trinajstić information content (AvgIpc) is 2.49. The van der Waals surface area contributed by atoms with Gasteiger partial charge < -0.3 is 10.5 Å². The minimum atomic E-state index is 0.661. The summed E-state index contributed by atoms with van der Waals surface area (Å²) in [5.41, 5.74) is 9.10. The van der Waals surface area contributed by atoms with E-state index >= 15 is 0 Å². The number of benzene rings is 1. The summed E-state index contributed by atoms with van der Waals surface area (Å²) in [6.45, 7) is 0. The van der Waals surface area contributed by atoms with Crippen LogP contribution >= 0.6 is 11.3 Å². The average molecular weight is 180 g/mol. The van der Waals surface area contributed by atoms with Crippen LogP contribution in [0.5, 0.6) is 5.75 Å². The van der Waals surface area contributed by atoms with E-state index in [0.29, 0.717) is 11.4 Å². The van der Waals surface area contributed by atoms with Gasteiger partial charge in [0.05, 0.1) is 28.5 Å². The van der Waals surface area contributed by atoms with Gasteiger partial charge in [-0.3, -0.25) is 0 Å². The summed E-state index contributed by atoms with van der Waals surface area (Å²) in [7, 11) is 1.60. The number of aromatic nitrogens is 1. The molecule has 3 nitrogen and oxygen atoms in total. The first kappa shape index (κ1) is 7.36. The lowest BCUT2D eigenvalue weighted by Gasteiger charge is -2.02. The number of ether oxygens (including phenoxy) is 1. The van der Waals surface area contributed by atoms with Crippen molar-refractivity contribution in [3.8, 4) is 5.75 Å². The predicted molar refractivity (Wildman–Crippen MR) is 50.6 cm³/mol. The molecule has 2 rings (SSSR count). The van der Waals surface area contributed by atoms with Crippen LogP contribution in [0.15, 0.2) is 17.6 Å². The number of nitrogen functional groups attached to an aromatic ring is 1. The predicted octanol–water partition coefficient (Wildman–Crippen LogP) is 1.89. The van der Waals surface area contributed by atoms with Gasteiger partial charge in [-0.25, -0.2) is 4.98 Å². The molecule has 2 N–H and O–H groups in total. The second-order valence-corrected chi connectivity index (χ2v) is 3.30. The standard InChI is InChI=1S/C8H8N2OS/c1-11-7-3-6-8(2-5(7)9)12-4-10-6/h2-4H,9H2,1H3. The molecular formula is C8H8N2OS. The number of methoxy groups -OCH3 is 1. The van der Waals surface area contributed by atoms with Crippen molar-refractivity contribution in [3.63, 3.8) is 0 Å². The summed E-state index contributed by atoms with van der Waals surface area (Å²) < 4.78 is 6.15. The number of hydrogen-bond donors (Lipinski definition) is 1. The molecule has 2 aromatic rings. The first-order chi connectivity index (χ1) is 5.81. The second kappa shape index (κ2) is 2.64. The lowest BCUT2D eigenvalue weighted by molar-refractivity contribution is 0.417. The van der Waals surface area contributed by atoms with Crippen molar-refractivity contribution < 1.29 is 4.74 Å². The molecule has 0 aliphatic carbocycles. The first-order valence-electron chi connectivity index (χ1n) is 3.48. The van der Waals surface area contributed by atoms with Gasteiger partial charge in [0.25, 0.3) is 0 Å². The number of thiazole rings is 1. The lowest BCUT2D eigenvalue weighted by atomic mass is 10.3. The van der Waals surface area contributed by atoms with E-state index in [4.69, 9.17) is 10.5 Å². The van der Waals surface area contributed by atoms with Crippen molar-refractivity contribution in [1.29, 1.82) is 0 Å². The summed E-state index contributed by atoms with van der Waals surface area (Å²) >= 11 is 1.57. The molecular weight excluding hydrogens is 172 g/mol. The molecule has 4 heteroatoms. The summed E-state index contributed by atoms with van der Waals surface area (Å²) in [6, 6.07) is 3.73. The van der Waals surface area contributed by atoms with Gasteiger partial charge in [-0.1, -0.05) is 0 Å². The number of nitrogens with zero attached hydrogens (tertiary/aromatic N) is 1. The van der Waals surface area contributed by atoms with Crippen LogP contribution in [0.25, 0.3) is 10.2 Å². The van der Waals surface area contributed by atoms with E-state index in [1.54, 1.807) is 24.0 Å². The van der Waals surface area contributed by atoms with Gasteiger partial charge in [0, 0.05) is 6.07 Å². The summed E-state index contributed by atoms with van der Waals surface area (Å²) in [5, 5.41) is 0. The third kappa shape index (κ3) is 1.00. The Morgan fingerprint density at radius 1 is 1.50 bits per heavy atom. The Morgan fingerprint density at radius 2 is 2.33 bits per heavy atom. The third-order valence-electron chi connectivity index (χ3n) is 1.68. The molecule has 1 aromatic carbocycles.